The minimum Gasteiger partial charge on any atom is -0.355 e. The van der Waals surface area contributed by atoms with Gasteiger partial charge in [-0.05, 0) is 43.9 Å². The smallest absolute Gasteiger partial charge is 0.266 e. The van der Waals surface area contributed by atoms with Crippen molar-refractivity contribution in [2.45, 2.75) is 26.3 Å². The number of hydrogen-bond acceptors (Lipinski definition) is 7. The fraction of sp³-hybridized carbons (Fsp3) is 0.333. The van der Waals surface area contributed by atoms with Crippen molar-refractivity contribution in [1.29, 1.82) is 0 Å². The van der Waals surface area contributed by atoms with Crippen molar-refractivity contribution >= 4 is 16.9 Å². The number of piperidine rings is 1. The Hall–Kier alpha value is -3.62. The van der Waals surface area contributed by atoms with Crippen LogP contribution in [0.4, 0.5) is 5.82 Å². The number of para-hydroxylation sites is 2. The van der Waals surface area contributed by atoms with Crippen molar-refractivity contribution in [2.24, 2.45) is 5.92 Å². The molecule has 0 spiro atoms. The standard InChI is InChI=1S/C21H22N8O/c1-15-21(25-18-5-3-2-4-17(18)24-15)27-10-8-16(9-11-27)12-28-20(30)7-6-19(26-28)29-14-22-13-23-29/h2-7,13-14,16H,8-12H2,1H3. The van der Waals surface area contributed by atoms with Gasteiger partial charge in [0.05, 0.1) is 16.7 Å². The van der Waals surface area contributed by atoms with E-state index < -0.39 is 0 Å². The van der Waals surface area contributed by atoms with Crippen molar-refractivity contribution in [1.82, 2.24) is 34.5 Å². The third kappa shape index (κ3) is 3.54. The van der Waals surface area contributed by atoms with Crippen molar-refractivity contribution in [3.05, 3.63) is 65.1 Å². The molecular weight excluding hydrogens is 380 g/mol. The van der Waals surface area contributed by atoms with E-state index >= 15 is 0 Å². The summed E-state index contributed by atoms with van der Waals surface area (Å²) in [7, 11) is 0. The molecule has 1 aliphatic heterocycles. The van der Waals surface area contributed by atoms with Gasteiger partial charge in [-0.15, -0.1) is 5.10 Å². The van der Waals surface area contributed by atoms with Gasteiger partial charge in [0.2, 0.25) is 0 Å². The van der Waals surface area contributed by atoms with Gasteiger partial charge in [0.1, 0.15) is 12.7 Å². The number of anilines is 1. The number of benzene rings is 1. The molecule has 152 valence electrons. The van der Waals surface area contributed by atoms with E-state index in [1.807, 2.05) is 31.2 Å². The molecule has 1 aliphatic rings. The van der Waals surface area contributed by atoms with Gasteiger partial charge in [0, 0.05) is 25.7 Å². The highest BCUT2D eigenvalue weighted by molar-refractivity contribution is 5.76. The predicted octanol–water partition coefficient (Wildman–Crippen LogP) is 1.99. The Balaban J connectivity index is 1.30. The molecule has 0 saturated carbocycles. The Morgan fingerprint density at radius 3 is 2.53 bits per heavy atom. The second-order valence-electron chi connectivity index (χ2n) is 7.60. The second kappa shape index (κ2) is 7.66. The average Bonchev–Trinajstić information content (AvgIpc) is 3.30. The van der Waals surface area contributed by atoms with Crippen molar-refractivity contribution < 1.29 is 0 Å². The van der Waals surface area contributed by atoms with Crippen LogP contribution in [0.5, 0.6) is 0 Å². The largest absolute Gasteiger partial charge is 0.355 e. The first-order chi connectivity index (χ1) is 14.7. The molecule has 0 radical (unpaired) electrons. The van der Waals surface area contributed by atoms with Gasteiger partial charge < -0.3 is 4.90 Å². The Labute approximate surface area is 173 Å². The quantitative estimate of drug-likeness (QED) is 0.515. The summed E-state index contributed by atoms with van der Waals surface area (Å²) in [6.45, 7) is 4.38. The minimum atomic E-state index is -0.0995. The zero-order valence-corrected chi connectivity index (χ0v) is 16.7. The summed E-state index contributed by atoms with van der Waals surface area (Å²) in [6, 6.07) is 11.2. The van der Waals surface area contributed by atoms with Crippen LogP contribution < -0.4 is 10.5 Å². The molecule has 0 N–H and O–H groups in total. The van der Waals surface area contributed by atoms with E-state index in [4.69, 9.17) is 9.97 Å². The van der Waals surface area contributed by atoms with Crippen LogP contribution in [-0.4, -0.2) is 47.6 Å². The van der Waals surface area contributed by atoms with Crippen LogP contribution in [0.3, 0.4) is 0 Å². The van der Waals surface area contributed by atoms with E-state index in [1.165, 1.54) is 12.4 Å². The van der Waals surface area contributed by atoms with Crippen LogP contribution in [0.25, 0.3) is 16.9 Å². The minimum absolute atomic E-state index is 0.0995. The molecule has 0 atom stereocenters. The van der Waals surface area contributed by atoms with Crippen LogP contribution in [0.1, 0.15) is 18.5 Å². The lowest BCUT2D eigenvalue weighted by Crippen LogP contribution is -2.37. The van der Waals surface area contributed by atoms with Crippen molar-refractivity contribution in [2.75, 3.05) is 18.0 Å². The summed E-state index contributed by atoms with van der Waals surface area (Å²) >= 11 is 0. The third-order valence-corrected chi connectivity index (χ3v) is 5.57. The van der Waals surface area contributed by atoms with Crippen LogP contribution in [0.15, 0.2) is 53.8 Å². The van der Waals surface area contributed by atoms with Gasteiger partial charge in [-0.3, -0.25) is 4.79 Å². The predicted molar refractivity (Wildman–Crippen MR) is 113 cm³/mol. The third-order valence-electron chi connectivity index (χ3n) is 5.57. The van der Waals surface area contributed by atoms with Gasteiger partial charge in [0.25, 0.3) is 5.56 Å². The second-order valence-corrected chi connectivity index (χ2v) is 7.60. The number of fused-ring (bicyclic) bond motifs is 1. The molecule has 1 fully saturated rings. The first-order valence-electron chi connectivity index (χ1n) is 10.1. The number of hydrogen-bond donors (Lipinski definition) is 0. The molecule has 4 heterocycles. The molecule has 1 saturated heterocycles. The lowest BCUT2D eigenvalue weighted by Gasteiger charge is -2.33. The molecule has 0 unspecified atom stereocenters. The highest BCUT2D eigenvalue weighted by atomic mass is 16.1. The Kier molecular flexibility index (Phi) is 4.70. The lowest BCUT2D eigenvalue weighted by atomic mass is 9.96. The summed E-state index contributed by atoms with van der Waals surface area (Å²) in [5.41, 5.74) is 2.69. The van der Waals surface area contributed by atoms with Crippen LogP contribution >= 0.6 is 0 Å². The van der Waals surface area contributed by atoms with Gasteiger partial charge in [-0.25, -0.2) is 24.3 Å². The maximum Gasteiger partial charge on any atom is 0.266 e. The number of nitrogens with zero attached hydrogens (tertiary/aromatic N) is 8. The molecule has 30 heavy (non-hydrogen) atoms. The first-order valence-corrected chi connectivity index (χ1v) is 10.1. The normalized spacial score (nSPS) is 15.0. The molecular formula is C21H22N8O. The number of aromatic nitrogens is 7. The maximum atomic E-state index is 12.3. The summed E-state index contributed by atoms with van der Waals surface area (Å²) in [6.07, 6.45) is 4.96. The van der Waals surface area contributed by atoms with Crippen LogP contribution in [0.2, 0.25) is 0 Å². The van der Waals surface area contributed by atoms with Crippen molar-refractivity contribution in [3.8, 4) is 5.82 Å². The maximum absolute atomic E-state index is 12.3. The molecule has 5 rings (SSSR count). The van der Waals surface area contributed by atoms with Crippen molar-refractivity contribution in [3.63, 3.8) is 0 Å². The van der Waals surface area contributed by atoms with Crippen LogP contribution in [-0.2, 0) is 6.54 Å². The summed E-state index contributed by atoms with van der Waals surface area (Å²) in [4.78, 5) is 28.1. The van der Waals surface area contributed by atoms with E-state index in [0.29, 0.717) is 18.3 Å². The zero-order valence-electron chi connectivity index (χ0n) is 16.7. The van der Waals surface area contributed by atoms with E-state index in [-0.39, 0.29) is 5.56 Å². The fourth-order valence-corrected chi connectivity index (χ4v) is 3.97. The number of rotatable bonds is 4. The topological polar surface area (TPSA) is 94.6 Å². The lowest BCUT2D eigenvalue weighted by molar-refractivity contribution is 0.333. The van der Waals surface area contributed by atoms with Gasteiger partial charge >= 0.3 is 0 Å². The van der Waals surface area contributed by atoms with Gasteiger partial charge in [0.15, 0.2) is 11.6 Å². The average molecular weight is 402 g/mol. The zero-order chi connectivity index (χ0) is 20.5. The highest BCUT2D eigenvalue weighted by Gasteiger charge is 2.23. The molecule has 0 amide bonds. The molecule has 0 bridgehead atoms. The van der Waals surface area contributed by atoms with Gasteiger partial charge in [-0.1, -0.05) is 12.1 Å². The Morgan fingerprint density at radius 2 is 1.80 bits per heavy atom. The summed E-state index contributed by atoms with van der Waals surface area (Å²) in [5.74, 6) is 1.92. The molecule has 9 nitrogen and oxygen atoms in total. The highest BCUT2D eigenvalue weighted by Crippen LogP contribution is 2.26. The fourth-order valence-electron chi connectivity index (χ4n) is 3.97. The summed E-state index contributed by atoms with van der Waals surface area (Å²) < 4.78 is 3.10. The number of aryl methyl sites for hydroxylation is 1. The van der Waals surface area contributed by atoms with E-state index in [9.17, 15) is 4.79 Å². The SMILES string of the molecule is Cc1nc2ccccc2nc1N1CCC(Cn2nc(-n3cncn3)ccc2=O)CC1. The van der Waals surface area contributed by atoms with E-state index in [1.54, 1.807) is 21.8 Å². The van der Waals surface area contributed by atoms with Crippen LogP contribution in [0, 0.1) is 12.8 Å². The first kappa shape index (κ1) is 18.4. The molecule has 9 heteroatoms. The van der Waals surface area contributed by atoms with Gasteiger partial charge in [-0.2, -0.15) is 5.10 Å². The molecule has 4 aromatic rings. The molecule has 3 aromatic heterocycles. The summed E-state index contributed by atoms with van der Waals surface area (Å²) in [5, 5.41) is 8.55. The van der Waals surface area contributed by atoms with E-state index in [0.717, 1.165) is 48.5 Å². The van der Waals surface area contributed by atoms with E-state index in [2.05, 4.69) is 20.1 Å². The monoisotopic (exact) mass is 402 g/mol. The Morgan fingerprint density at radius 1 is 1.03 bits per heavy atom. The molecule has 1 aromatic carbocycles. The Bertz CT molecular complexity index is 1230. The molecule has 0 aliphatic carbocycles.